The molecule has 0 bridgehead atoms. The molecule has 1 aromatic heterocycles. The first kappa shape index (κ1) is 8.56. The van der Waals surface area contributed by atoms with Crippen molar-refractivity contribution >= 4 is 0 Å². The molecule has 0 saturated heterocycles. The van der Waals surface area contributed by atoms with Crippen LogP contribution in [0.2, 0.25) is 0 Å². The Kier molecular flexibility index (Phi) is 2.00. The van der Waals surface area contributed by atoms with Gasteiger partial charge in [0.25, 0.3) is 0 Å². The van der Waals surface area contributed by atoms with E-state index >= 15 is 0 Å². The minimum absolute atomic E-state index is 0.419. The van der Waals surface area contributed by atoms with E-state index < -0.39 is 0 Å². The Bertz CT molecular complexity index is 306. The van der Waals surface area contributed by atoms with Crippen molar-refractivity contribution in [2.45, 2.75) is 33.4 Å². The first-order valence-electron chi connectivity index (χ1n) is 4.65. The SMILES string of the molecule is Cc1cnn2c1ON(C(C)C)CC2. The largest absolute Gasteiger partial charge is 0.385 e. The number of hydrogen-bond acceptors (Lipinski definition) is 3. The lowest BCUT2D eigenvalue weighted by Crippen LogP contribution is -2.41. The molecule has 0 aliphatic carbocycles. The Morgan fingerprint density at radius 1 is 1.46 bits per heavy atom. The second-order valence-corrected chi connectivity index (χ2v) is 3.68. The van der Waals surface area contributed by atoms with Crippen molar-refractivity contribution < 1.29 is 4.84 Å². The van der Waals surface area contributed by atoms with Gasteiger partial charge in [0.05, 0.1) is 19.3 Å². The normalized spacial score (nSPS) is 17.2. The average molecular weight is 181 g/mol. The Labute approximate surface area is 78.0 Å². The van der Waals surface area contributed by atoms with Gasteiger partial charge in [-0.25, -0.2) is 4.68 Å². The highest BCUT2D eigenvalue weighted by Gasteiger charge is 2.21. The summed E-state index contributed by atoms with van der Waals surface area (Å²) in [6, 6.07) is 0.419. The molecule has 4 heteroatoms. The van der Waals surface area contributed by atoms with Gasteiger partial charge in [-0.3, -0.25) is 0 Å². The first-order chi connectivity index (χ1) is 6.18. The van der Waals surface area contributed by atoms with Crippen LogP contribution in [0.3, 0.4) is 0 Å². The van der Waals surface area contributed by atoms with Crippen molar-refractivity contribution in [1.29, 1.82) is 0 Å². The molecule has 4 nitrogen and oxygen atoms in total. The molecule has 1 aliphatic heterocycles. The summed E-state index contributed by atoms with van der Waals surface area (Å²) < 4.78 is 1.91. The molecular weight excluding hydrogens is 166 g/mol. The van der Waals surface area contributed by atoms with Gasteiger partial charge in [0.2, 0.25) is 5.88 Å². The minimum atomic E-state index is 0.419. The molecule has 1 aromatic rings. The molecule has 0 amide bonds. The number of aromatic nitrogens is 2. The fourth-order valence-electron chi connectivity index (χ4n) is 1.46. The first-order valence-corrected chi connectivity index (χ1v) is 4.65. The third kappa shape index (κ3) is 1.42. The summed E-state index contributed by atoms with van der Waals surface area (Å²) in [5.74, 6) is 0.889. The topological polar surface area (TPSA) is 30.3 Å². The second-order valence-electron chi connectivity index (χ2n) is 3.68. The smallest absolute Gasteiger partial charge is 0.239 e. The standard InChI is InChI=1S/C9H15N3O/c1-7(2)12-5-4-11-9(13-12)8(3)6-10-11/h6-7H,4-5H2,1-3H3. The molecule has 0 radical (unpaired) electrons. The zero-order valence-electron chi connectivity index (χ0n) is 8.32. The predicted molar refractivity (Wildman–Crippen MR) is 49.4 cm³/mol. The lowest BCUT2D eigenvalue weighted by Gasteiger charge is -2.30. The van der Waals surface area contributed by atoms with Crippen LogP contribution in [-0.2, 0) is 6.54 Å². The number of aryl methyl sites for hydroxylation is 1. The van der Waals surface area contributed by atoms with Gasteiger partial charge in [-0.2, -0.15) is 5.10 Å². The fraction of sp³-hybridized carbons (Fsp3) is 0.667. The van der Waals surface area contributed by atoms with E-state index in [-0.39, 0.29) is 0 Å². The Morgan fingerprint density at radius 3 is 2.92 bits per heavy atom. The lowest BCUT2D eigenvalue weighted by atomic mass is 10.3. The van der Waals surface area contributed by atoms with Gasteiger partial charge in [0.15, 0.2) is 0 Å². The maximum atomic E-state index is 5.70. The van der Waals surface area contributed by atoms with Gasteiger partial charge in [0.1, 0.15) is 0 Å². The summed E-state index contributed by atoms with van der Waals surface area (Å²) >= 11 is 0. The molecule has 0 N–H and O–H groups in total. The van der Waals surface area contributed by atoms with Gasteiger partial charge in [-0.05, 0) is 20.8 Å². The molecule has 0 fully saturated rings. The molecule has 0 unspecified atom stereocenters. The van der Waals surface area contributed by atoms with Crippen molar-refractivity contribution in [2.75, 3.05) is 6.54 Å². The van der Waals surface area contributed by atoms with Crippen molar-refractivity contribution in [2.24, 2.45) is 0 Å². The van der Waals surface area contributed by atoms with E-state index in [9.17, 15) is 0 Å². The molecular formula is C9H15N3O. The second kappa shape index (κ2) is 3.03. The summed E-state index contributed by atoms with van der Waals surface area (Å²) in [5, 5.41) is 6.21. The molecule has 72 valence electrons. The number of rotatable bonds is 1. The highest BCUT2D eigenvalue weighted by Crippen LogP contribution is 2.22. The van der Waals surface area contributed by atoms with E-state index in [0.29, 0.717) is 6.04 Å². The molecule has 2 heterocycles. The quantitative estimate of drug-likeness (QED) is 0.652. The van der Waals surface area contributed by atoms with Crippen LogP contribution in [0.15, 0.2) is 6.20 Å². The van der Waals surface area contributed by atoms with Crippen molar-refractivity contribution in [3.05, 3.63) is 11.8 Å². The number of hydroxylamine groups is 2. The molecule has 0 spiro atoms. The summed E-state index contributed by atoms with van der Waals surface area (Å²) in [7, 11) is 0. The average Bonchev–Trinajstić information content (AvgIpc) is 2.47. The van der Waals surface area contributed by atoms with E-state index in [2.05, 4.69) is 18.9 Å². The molecule has 1 aliphatic rings. The van der Waals surface area contributed by atoms with Crippen LogP contribution in [-0.4, -0.2) is 27.4 Å². The summed E-state index contributed by atoms with van der Waals surface area (Å²) in [6.45, 7) is 8.10. The Morgan fingerprint density at radius 2 is 2.23 bits per heavy atom. The number of hydrogen-bond donors (Lipinski definition) is 0. The van der Waals surface area contributed by atoms with Crippen LogP contribution >= 0.6 is 0 Å². The molecule has 0 atom stereocenters. The monoisotopic (exact) mass is 181 g/mol. The van der Waals surface area contributed by atoms with Crippen LogP contribution in [0, 0.1) is 6.92 Å². The van der Waals surface area contributed by atoms with Gasteiger partial charge >= 0.3 is 0 Å². The highest BCUT2D eigenvalue weighted by molar-refractivity contribution is 5.22. The highest BCUT2D eigenvalue weighted by atomic mass is 16.7. The van der Waals surface area contributed by atoms with Crippen LogP contribution in [0.5, 0.6) is 5.88 Å². The summed E-state index contributed by atoms with van der Waals surface area (Å²) in [6.07, 6.45) is 1.85. The molecule has 0 aromatic carbocycles. The van der Waals surface area contributed by atoms with E-state index in [1.807, 2.05) is 22.9 Å². The van der Waals surface area contributed by atoms with Crippen LogP contribution in [0.4, 0.5) is 0 Å². The molecule has 0 saturated carbocycles. The number of nitrogens with zero attached hydrogens (tertiary/aromatic N) is 3. The van der Waals surface area contributed by atoms with Gasteiger partial charge < -0.3 is 4.84 Å². The van der Waals surface area contributed by atoms with E-state index in [1.54, 1.807) is 0 Å². The summed E-state index contributed by atoms with van der Waals surface area (Å²) in [4.78, 5) is 5.70. The van der Waals surface area contributed by atoms with Crippen LogP contribution in [0.25, 0.3) is 0 Å². The zero-order chi connectivity index (χ0) is 9.42. The zero-order valence-corrected chi connectivity index (χ0v) is 8.32. The maximum Gasteiger partial charge on any atom is 0.239 e. The molecule has 2 rings (SSSR count). The van der Waals surface area contributed by atoms with Crippen molar-refractivity contribution in [3.8, 4) is 5.88 Å². The van der Waals surface area contributed by atoms with E-state index in [0.717, 1.165) is 24.5 Å². The van der Waals surface area contributed by atoms with Crippen molar-refractivity contribution in [3.63, 3.8) is 0 Å². The van der Waals surface area contributed by atoms with Crippen molar-refractivity contribution in [1.82, 2.24) is 14.8 Å². The third-order valence-corrected chi connectivity index (χ3v) is 2.27. The van der Waals surface area contributed by atoms with E-state index in [4.69, 9.17) is 4.84 Å². The maximum absolute atomic E-state index is 5.70. The lowest BCUT2D eigenvalue weighted by molar-refractivity contribution is -0.113. The van der Waals surface area contributed by atoms with E-state index in [1.165, 1.54) is 0 Å². The predicted octanol–water partition coefficient (Wildman–Crippen LogP) is 1.21. The Balaban J connectivity index is 2.22. The Hall–Kier alpha value is -1.03. The van der Waals surface area contributed by atoms with Crippen LogP contribution in [0.1, 0.15) is 19.4 Å². The van der Waals surface area contributed by atoms with Gasteiger partial charge in [-0.15, -0.1) is 5.06 Å². The summed E-state index contributed by atoms with van der Waals surface area (Å²) in [5.41, 5.74) is 1.10. The third-order valence-electron chi connectivity index (χ3n) is 2.27. The van der Waals surface area contributed by atoms with Gasteiger partial charge in [-0.1, -0.05) is 0 Å². The minimum Gasteiger partial charge on any atom is -0.385 e. The molecule has 13 heavy (non-hydrogen) atoms. The fourth-order valence-corrected chi connectivity index (χ4v) is 1.46. The number of fused-ring (bicyclic) bond motifs is 1. The van der Waals surface area contributed by atoms with Crippen LogP contribution < -0.4 is 4.84 Å². The van der Waals surface area contributed by atoms with Gasteiger partial charge in [0, 0.05) is 11.6 Å².